The van der Waals surface area contributed by atoms with Gasteiger partial charge >= 0.3 is 11.9 Å². The van der Waals surface area contributed by atoms with Crippen LogP contribution in [-0.2, 0) is 4.79 Å². The third-order valence-electron chi connectivity index (χ3n) is 2.75. The highest BCUT2D eigenvalue weighted by Crippen LogP contribution is 2.22. The summed E-state index contributed by atoms with van der Waals surface area (Å²) in [6, 6.07) is 9.94. The molecule has 2 aromatic carbocycles. The molecular weight excluding hydrogens is 244 g/mol. The van der Waals surface area contributed by atoms with Crippen molar-refractivity contribution in [3.8, 4) is 5.75 Å². The summed E-state index contributed by atoms with van der Waals surface area (Å²) in [7, 11) is 0. The molecule has 4 heteroatoms. The molecule has 98 valence electrons. The second-order valence-corrected chi connectivity index (χ2v) is 4.60. The van der Waals surface area contributed by atoms with E-state index in [1.54, 1.807) is 44.2 Å². The topological polar surface area (TPSA) is 63.6 Å². The van der Waals surface area contributed by atoms with Crippen LogP contribution in [0.15, 0.2) is 36.4 Å². The van der Waals surface area contributed by atoms with Gasteiger partial charge in [0.25, 0.3) is 0 Å². The molecule has 0 aliphatic carbocycles. The van der Waals surface area contributed by atoms with Gasteiger partial charge in [-0.15, -0.1) is 0 Å². The zero-order valence-electron chi connectivity index (χ0n) is 10.7. The third kappa shape index (κ3) is 2.91. The highest BCUT2D eigenvalue weighted by molar-refractivity contribution is 5.94. The van der Waals surface area contributed by atoms with E-state index in [0.29, 0.717) is 5.75 Å². The van der Waals surface area contributed by atoms with Crippen molar-refractivity contribution < 1.29 is 19.4 Å². The van der Waals surface area contributed by atoms with Gasteiger partial charge < -0.3 is 9.84 Å². The molecule has 0 fully saturated rings. The number of aromatic carboxylic acids is 1. The van der Waals surface area contributed by atoms with Crippen LogP contribution in [0.25, 0.3) is 10.8 Å². The minimum absolute atomic E-state index is 0.190. The van der Waals surface area contributed by atoms with E-state index in [-0.39, 0.29) is 17.5 Å². The van der Waals surface area contributed by atoms with Crippen LogP contribution in [0.3, 0.4) is 0 Å². The van der Waals surface area contributed by atoms with Gasteiger partial charge in [0, 0.05) is 0 Å². The maximum Gasteiger partial charge on any atom is 0.335 e. The van der Waals surface area contributed by atoms with Crippen LogP contribution in [0.4, 0.5) is 0 Å². The molecule has 2 rings (SSSR count). The van der Waals surface area contributed by atoms with Crippen LogP contribution < -0.4 is 4.74 Å². The molecule has 1 N–H and O–H groups in total. The number of carboxylic acids is 1. The molecule has 0 saturated heterocycles. The lowest BCUT2D eigenvalue weighted by Crippen LogP contribution is -2.14. The summed E-state index contributed by atoms with van der Waals surface area (Å²) in [5, 5.41) is 10.5. The van der Waals surface area contributed by atoms with Gasteiger partial charge in [-0.3, -0.25) is 4.79 Å². The number of hydrogen-bond donors (Lipinski definition) is 1. The molecule has 0 aliphatic rings. The maximum atomic E-state index is 11.5. The number of ether oxygens (including phenoxy) is 1. The summed E-state index contributed by atoms with van der Waals surface area (Å²) in [5.41, 5.74) is 0.236. The first kappa shape index (κ1) is 13.1. The number of fused-ring (bicyclic) bond motifs is 1. The molecule has 0 saturated carbocycles. The van der Waals surface area contributed by atoms with Crippen molar-refractivity contribution in [3.63, 3.8) is 0 Å². The second kappa shape index (κ2) is 5.10. The summed E-state index contributed by atoms with van der Waals surface area (Å²) in [5.74, 6) is -0.974. The number of benzene rings is 2. The van der Waals surface area contributed by atoms with Crippen LogP contribution in [0.5, 0.6) is 5.75 Å². The van der Waals surface area contributed by atoms with Crippen molar-refractivity contribution in [2.75, 3.05) is 0 Å². The van der Waals surface area contributed by atoms with Crippen molar-refractivity contribution in [2.24, 2.45) is 5.92 Å². The number of rotatable bonds is 3. The molecule has 0 amide bonds. The van der Waals surface area contributed by atoms with Crippen molar-refractivity contribution in [1.29, 1.82) is 0 Å². The second-order valence-electron chi connectivity index (χ2n) is 4.60. The monoisotopic (exact) mass is 258 g/mol. The summed E-state index contributed by atoms with van der Waals surface area (Å²) in [6.45, 7) is 3.53. The zero-order valence-corrected chi connectivity index (χ0v) is 10.7. The maximum absolute atomic E-state index is 11.5. The van der Waals surface area contributed by atoms with Gasteiger partial charge in [0.1, 0.15) is 5.75 Å². The smallest absolute Gasteiger partial charge is 0.335 e. The van der Waals surface area contributed by atoms with Crippen LogP contribution in [0.1, 0.15) is 24.2 Å². The average Bonchev–Trinajstić information content (AvgIpc) is 2.37. The van der Waals surface area contributed by atoms with E-state index in [9.17, 15) is 9.59 Å². The molecule has 0 spiro atoms. The van der Waals surface area contributed by atoms with Crippen LogP contribution in [-0.4, -0.2) is 17.0 Å². The van der Waals surface area contributed by atoms with E-state index >= 15 is 0 Å². The Morgan fingerprint density at radius 1 is 1.05 bits per heavy atom. The summed E-state index contributed by atoms with van der Waals surface area (Å²) >= 11 is 0. The predicted octanol–water partition coefficient (Wildman–Crippen LogP) is 3.10. The molecule has 0 heterocycles. The third-order valence-corrected chi connectivity index (χ3v) is 2.75. The Bertz CT molecular complexity index is 644. The largest absolute Gasteiger partial charge is 0.478 e. The molecule has 4 nitrogen and oxygen atoms in total. The highest BCUT2D eigenvalue weighted by Gasteiger charge is 2.10. The lowest BCUT2D eigenvalue weighted by molar-refractivity contribution is -0.137. The predicted molar refractivity (Wildman–Crippen MR) is 71.4 cm³/mol. The lowest BCUT2D eigenvalue weighted by atomic mass is 10.1. The van der Waals surface area contributed by atoms with E-state index in [1.165, 1.54) is 6.07 Å². The Hall–Kier alpha value is -2.36. The molecule has 0 aromatic heterocycles. The van der Waals surface area contributed by atoms with Gasteiger partial charge in [0.05, 0.1) is 11.5 Å². The number of carbonyl (C=O) groups is 2. The fourth-order valence-corrected chi connectivity index (χ4v) is 1.65. The van der Waals surface area contributed by atoms with Crippen molar-refractivity contribution in [1.82, 2.24) is 0 Å². The quantitative estimate of drug-likeness (QED) is 0.678. The Balaban J connectivity index is 2.34. The summed E-state index contributed by atoms with van der Waals surface area (Å²) in [4.78, 5) is 22.4. The first-order valence-electron chi connectivity index (χ1n) is 5.96. The van der Waals surface area contributed by atoms with Crippen molar-refractivity contribution >= 4 is 22.7 Å². The normalized spacial score (nSPS) is 10.7. The Morgan fingerprint density at radius 2 is 1.68 bits per heavy atom. The van der Waals surface area contributed by atoms with Gasteiger partial charge in [0.2, 0.25) is 0 Å². The minimum Gasteiger partial charge on any atom is -0.478 e. The molecular formula is C15H14O4. The fraction of sp³-hybridized carbons (Fsp3) is 0.200. The number of carbonyl (C=O) groups excluding carboxylic acids is 1. The molecule has 2 aromatic rings. The van der Waals surface area contributed by atoms with Crippen molar-refractivity contribution in [2.45, 2.75) is 13.8 Å². The molecule has 19 heavy (non-hydrogen) atoms. The molecule has 0 unspecified atom stereocenters. The average molecular weight is 258 g/mol. The highest BCUT2D eigenvalue weighted by atomic mass is 16.5. The minimum atomic E-state index is -0.961. The molecule has 0 bridgehead atoms. The Morgan fingerprint density at radius 3 is 2.32 bits per heavy atom. The Kier molecular flexibility index (Phi) is 3.51. The standard InChI is InChI=1S/C15H14O4/c1-9(2)15(18)19-13-6-5-10-7-12(14(16)17)4-3-11(10)8-13/h3-9H,1-2H3,(H,16,17). The summed E-state index contributed by atoms with van der Waals surface area (Å²) in [6.07, 6.45) is 0. The van der Waals surface area contributed by atoms with E-state index in [2.05, 4.69) is 0 Å². The summed E-state index contributed by atoms with van der Waals surface area (Å²) < 4.78 is 5.21. The van der Waals surface area contributed by atoms with E-state index in [0.717, 1.165) is 10.8 Å². The zero-order chi connectivity index (χ0) is 14.0. The number of carboxylic acid groups (broad SMARTS) is 1. The van der Waals surface area contributed by atoms with Gasteiger partial charge in [-0.05, 0) is 35.0 Å². The molecule has 0 radical (unpaired) electrons. The van der Waals surface area contributed by atoms with Crippen molar-refractivity contribution in [3.05, 3.63) is 42.0 Å². The van der Waals surface area contributed by atoms with Crippen LogP contribution >= 0.6 is 0 Å². The number of esters is 1. The SMILES string of the molecule is CC(C)C(=O)Oc1ccc2cc(C(=O)O)ccc2c1. The molecule has 0 atom stereocenters. The number of hydrogen-bond acceptors (Lipinski definition) is 3. The van der Waals surface area contributed by atoms with E-state index in [1.807, 2.05) is 0 Å². The first-order chi connectivity index (χ1) is 8.97. The molecule has 0 aliphatic heterocycles. The lowest BCUT2D eigenvalue weighted by Gasteiger charge is -2.07. The van der Waals surface area contributed by atoms with E-state index in [4.69, 9.17) is 9.84 Å². The fourth-order valence-electron chi connectivity index (χ4n) is 1.65. The van der Waals surface area contributed by atoms with Gasteiger partial charge in [-0.1, -0.05) is 26.0 Å². The van der Waals surface area contributed by atoms with Gasteiger partial charge in [-0.25, -0.2) is 4.79 Å². The van der Waals surface area contributed by atoms with Crippen LogP contribution in [0, 0.1) is 5.92 Å². The van der Waals surface area contributed by atoms with Crippen LogP contribution in [0.2, 0.25) is 0 Å². The van der Waals surface area contributed by atoms with E-state index < -0.39 is 5.97 Å². The Labute approximate surface area is 110 Å². The van der Waals surface area contributed by atoms with Gasteiger partial charge in [0.15, 0.2) is 0 Å². The van der Waals surface area contributed by atoms with Gasteiger partial charge in [-0.2, -0.15) is 0 Å². The first-order valence-corrected chi connectivity index (χ1v) is 5.96.